The van der Waals surface area contributed by atoms with Crippen molar-refractivity contribution in [1.82, 2.24) is 5.32 Å². The van der Waals surface area contributed by atoms with Crippen LogP contribution in [0.1, 0.15) is 24.2 Å². The molecule has 88 valence electrons. The van der Waals surface area contributed by atoms with Crippen molar-refractivity contribution in [2.75, 3.05) is 13.2 Å². The molecule has 1 atom stereocenters. The zero-order chi connectivity index (χ0) is 12.0. The third kappa shape index (κ3) is 3.74. The molecule has 0 aliphatic rings. The molecule has 0 bridgehead atoms. The highest BCUT2D eigenvalue weighted by atomic mass is 35.5. The number of alkyl halides is 1. The lowest BCUT2D eigenvalue weighted by atomic mass is 10.2. The second-order valence-electron chi connectivity index (χ2n) is 3.42. The molecule has 0 heterocycles. The number of hydrogen-bond donors (Lipinski definition) is 1. The molecule has 1 unspecified atom stereocenters. The second kappa shape index (κ2) is 6.38. The highest BCUT2D eigenvalue weighted by Crippen LogP contribution is 2.17. The smallest absolute Gasteiger partial charge is 0.255 e. The average molecular weight is 242 g/mol. The van der Waals surface area contributed by atoms with Gasteiger partial charge in [0.15, 0.2) is 0 Å². The SMILES string of the molecule is CCOc1ccccc1C(=O)NCC(C)Cl. The molecule has 1 rings (SSSR count). The maximum absolute atomic E-state index is 11.8. The Kier molecular flexibility index (Phi) is 5.12. The molecule has 3 nitrogen and oxygen atoms in total. The van der Waals surface area contributed by atoms with E-state index >= 15 is 0 Å². The molecule has 0 aromatic heterocycles. The number of para-hydroxylation sites is 1. The van der Waals surface area contributed by atoms with E-state index in [2.05, 4.69) is 5.32 Å². The van der Waals surface area contributed by atoms with Crippen LogP contribution in [0.2, 0.25) is 0 Å². The predicted molar refractivity (Wildman–Crippen MR) is 65.3 cm³/mol. The summed E-state index contributed by atoms with van der Waals surface area (Å²) in [5, 5.41) is 2.67. The zero-order valence-corrected chi connectivity index (χ0v) is 10.3. The number of ether oxygens (including phenoxy) is 1. The van der Waals surface area contributed by atoms with E-state index in [0.717, 1.165) is 0 Å². The topological polar surface area (TPSA) is 38.3 Å². The molecule has 0 radical (unpaired) electrons. The van der Waals surface area contributed by atoms with Gasteiger partial charge in [-0.15, -0.1) is 11.6 Å². The number of nitrogens with one attached hydrogen (secondary N) is 1. The monoisotopic (exact) mass is 241 g/mol. The normalized spacial score (nSPS) is 11.9. The van der Waals surface area contributed by atoms with Gasteiger partial charge in [-0.3, -0.25) is 4.79 Å². The number of carbonyl (C=O) groups is 1. The Bertz CT molecular complexity index is 353. The van der Waals surface area contributed by atoms with E-state index in [1.807, 2.05) is 26.0 Å². The molecule has 4 heteroatoms. The summed E-state index contributed by atoms with van der Waals surface area (Å²) < 4.78 is 5.37. The first-order valence-corrected chi connectivity index (χ1v) is 5.73. The third-order valence-corrected chi connectivity index (χ3v) is 2.13. The van der Waals surface area contributed by atoms with Crippen LogP contribution < -0.4 is 10.1 Å². The second-order valence-corrected chi connectivity index (χ2v) is 4.17. The van der Waals surface area contributed by atoms with Crippen LogP contribution in [0.5, 0.6) is 5.75 Å². The van der Waals surface area contributed by atoms with Crippen molar-refractivity contribution in [3.8, 4) is 5.75 Å². The van der Waals surface area contributed by atoms with E-state index in [1.165, 1.54) is 0 Å². The zero-order valence-electron chi connectivity index (χ0n) is 9.50. The van der Waals surface area contributed by atoms with Gasteiger partial charge in [0, 0.05) is 11.9 Å². The maximum atomic E-state index is 11.8. The third-order valence-electron chi connectivity index (χ3n) is 1.98. The highest BCUT2D eigenvalue weighted by molar-refractivity contribution is 6.20. The maximum Gasteiger partial charge on any atom is 0.255 e. The molecule has 1 amide bonds. The number of benzene rings is 1. The summed E-state index contributed by atoms with van der Waals surface area (Å²) in [5.41, 5.74) is 0.543. The van der Waals surface area contributed by atoms with Crippen molar-refractivity contribution >= 4 is 17.5 Å². The van der Waals surface area contributed by atoms with Gasteiger partial charge >= 0.3 is 0 Å². The summed E-state index contributed by atoms with van der Waals surface area (Å²) in [7, 11) is 0. The standard InChI is InChI=1S/C12H16ClNO2/c1-3-16-11-7-5-4-6-10(11)12(15)14-8-9(2)13/h4-7,9H,3,8H2,1-2H3,(H,14,15). The molecule has 16 heavy (non-hydrogen) atoms. The van der Waals surface area contributed by atoms with Crippen molar-refractivity contribution in [3.63, 3.8) is 0 Å². The van der Waals surface area contributed by atoms with Gasteiger partial charge in [-0.25, -0.2) is 0 Å². The minimum absolute atomic E-state index is 0.0804. The Morgan fingerprint density at radius 3 is 2.81 bits per heavy atom. The number of rotatable bonds is 5. The first kappa shape index (κ1) is 12.8. The van der Waals surface area contributed by atoms with E-state index in [9.17, 15) is 4.79 Å². The quantitative estimate of drug-likeness (QED) is 0.805. The lowest BCUT2D eigenvalue weighted by Crippen LogP contribution is -2.28. The summed E-state index contributed by atoms with van der Waals surface area (Å²) in [6.07, 6.45) is 0. The molecule has 1 aromatic rings. The van der Waals surface area contributed by atoms with Gasteiger partial charge in [-0.1, -0.05) is 12.1 Å². The summed E-state index contributed by atoms with van der Waals surface area (Å²) in [6.45, 7) is 4.70. The molecular formula is C12H16ClNO2. The average Bonchev–Trinajstić information content (AvgIpc) is 2.27. The fourth-order valence-corrected chi connectivity index (χ4v) is 1.34. The Morgan fingerprint density at radius 2 is 2.19 bits per heavy atom. The van der Waals surface area contributed by atoms with Crippen LogP contribution in [0.3, 0.4) is 0 Å². The molecule has 1 N–H and O–H groups in total. The molecule has 0 aliphatic carbocycles. The Morgan fingerprint density at radius 1 is 1.50 bits per heavy atom. The van der Waals surface area contributed by atoms with Crippen molar-refractivity contribution in [2.45, 2.75) is 19.2 Å². The van der Waals surface area contributed by atoms with Gasteiger partial charge in [-0.05, 0) is 26.0 Å². The van der Waals surface area contributed by atoms with Gasteiger partial charge < -0.3 is 10.1 Å². The van der Waals surface area contributed by atoms with Crippen LogP contribution in [0, 0.1) is 0 Å². The van der Waals surface area contributed by atoms with Crippen LogP contribution in [0.4, 0.5) is 0 Å². The Balaban J connectivity index is 2.73. The minimum Gasteiger partial charge on any atom is -0.493 e. The fraction of sp³-hybridized carbons (Fsp3) is 0.417. The molecule has 0 fully saturated rings. The van der Waals surface area contributed by atoms with Crippen LogP contribution in [0.15, 0.2) is 24.3 Å². The van der Waals surface area contributed by atoms with Crippen molar-refractivity contribution in [1.29, 1.82) is 0 Å². The van der Waals surface area contributed by atoms with Crippen molar-refractivity contribution in [2.24, 2.45) is 0 Å². The van der Waals surface area contributed by atoms with Crippen LogP contribution in [-0.4, -0.2) is 24.4 Å². The molecular weight excluding hydrogens is 226 g/mol. The molecule has 0 saturated carbocycles. The lowest BCUT2D eigenvalue weighted by molar-refractivity contribution is 0.0950. The fourth-order valence-electron chi connectivity index (χ4n) is 1.26. The van der Waals surface area contributed by atoms with Gasteiger partial charge in [0.2, 0.25) is 0 Å². The van der Waals surface area contributed by atoms with Crippen LogP contribution >= 0.6 is 11.6 Å². The number of amides is 1. The highest BCUT2D eigenvalue weighted by Gasteiger charge is 2.11. The first-order chi connectivity index (χ1) is 7.65. The van der Waals surface area contributed by atoms with Crippen LogP contribution in [0.25, 0.3) is 0 Å². The molecule has 0 aliphatic heterocycles. The van der Waals surface area contributed by atoms with Gasteiger partial charge in [-0.2, -0.15) is 0 Å². The predicted octanol–water partition coefficient (Wildman–Crippen LogP) is 2.44. The van der Waals surface area contributed by atoms with Gasteiger partial charge in [0.05, 0.1) is 12.2 Å². The lowest BCUT2D eigenvalue weighted by Gasteiger charge is -2.10. The molecule has 0 spiro atoms. The van der Waals surface area contributed by atoms with E-state index in [1.54, 1.807) is 12.1 Å². The number of halogens is 1. The Hall–Kier alpha value is -1.22. The van der Waals surface area contributed by atoms with Crippen molar-refractivity contribution < 1.29 is 9.53 Å². The molecule has 1 aromatic carbocycles. The van der Waals surface area contributed by atoms with Crippen molar-refractivity contribution in [3.05, 3.63) is 29.8 Å². The summed E-state index contributed by atoms with van der Waals surface area (Å²) >= 11 is 5.76. The number of hydrogen-bond acceptors (Lipinski definition) is 2. The summed E-state index contributed by atoms with van der Waals surface area (Å²) in [4.78, 5) is 11.8. The van der Waals surface area contributed by atoms with E-state index in [-0.39, 0.29) is 11.3 Å². The van der Waals surface area contributed by atoms with E-state index < -0.39 is 0 Å². The number of carbonyl (C=O) groups excluding carboxylic acids is 1. The van der Waals surface area contributed by atoms with Gasteiger partial charge in [0.25, 0.3) is 5.91 Å². The minimum atomic E-state index is -0.156. The van der Waals surface area contributed by atoms with E-state index in [4.69, 9.17) is 16.3 Å². The Labute approximate surface area is 101 Å². The van der Waals surface area contributed by atoms with Crippen LogP contribution in [-0.2, 0) is 0 Å². The van der Waals surface area contributed by atoms with E-state index in [0.29, 0.717) is 24.5 Å². The largest absolute Gasteiger partial charge is 0.493 e. The van der Waals surface area contributed by atoms with Gasteiger partial charge in [0.1, 0.15) is 5.75 Å². The first-order valence-electron chi connectivity index (χ1n) is 5.29. The molecule has 0 saturated heterocycles. The summed E-state index contributed by atoms with van der Waals surface area (Å²) in [5.74, 6) is 0.446. The summed E-state index contributed by atoms with van der Waals surface area (Å²) in [6, 6.07) is 7.16.